The Morgan fingerprint density at radius 1 is 1.20 bits per heavy atom. The van der Waals surface area contributed by atoms with Gasteiger partial charge in [-0.25, -0.2) is 4.98 Å². The minimum atomic E-state index is 0.500. The Bertz CT molecular complexity index is 677. The molecule has 0 spiro atoms. The first-order valence-electron chi connectivity index (χ1n) is 6.07. The van der Waals surface area contributed by atoms with E-state index in [-0.39, 0.29) is 0 Å². The van der Waals surface area contributed by atoms with Gasteiger partial charge in [-0.1, -0.05) is 53.4 Å². The van der Waals surface area contributed by atoms with Gasteiger partial charge in [0.1, 0.15) is 5.82 Å². The SMILES string of the molecule is Nc1nnc(SCc2nccn2Cc2ccccc2)s1. The van der Waals surface area contributed by atoms with Gasteiger partial charge in [-0.2, -0.15) is 0 Å². The van der Waals surface area contributed by atoms with Crippen LogP contribution in [0.5, 0.6) is 0 Å². The Hall–Kier alpha value is -1.86. The first-order valence-corrected chi connectivity index (χ1v) is 7.87. The molecule has 0 aliphatic rings. The van der Waals surface area contributed by atoms with E-state index in [9.17, 15) is 0 Å². The molecule has 2 aromatic heterocycles. The van der Waals surface area contributed by atoms with Crippen molar-refractivity contribution in [1.29, 1.82) is 0 Å². The monoisotopic (exact) mass is 303 g/mol. The maximum absolute atomic E-state index is 5.57. The van der Waals surface area contributed by atoms with Crippen LogP contribution in [-0.2, 0) is 12.3 Å². The van der Waals surface area contributed by atoms with Gasteiger partial charge in [-0.05, 0) is 5.56 Å². The molecule has 0 atom stereocenters. The van der Waals surface area contributed by atoms with Gasteiger partial charge in [0.2, 0.25) is 5.13 Å². The van der Waals surface area contributed by atoms with Crippen molar-refractivity contribution in [2.45, 2.75) is 16.6 Å². The van der Waals surface area contributed by atoms with Crippen LogP contribution in [0.2, 0.25) is 0 Å². The van der Waals surface area contributed by atoms with E-state index in [1.807, 2.05) is 30.6 Å². The van der Waals surface area contributed by atoms with E-state index in [0.717, 1.165) is 22.5 Å². The van der Waals surface area contributed by atoms with Crippen LogP contribution in [0.25, 0.3) is 0 Å². The first kappa shape index (κ1) is 13.1. The molecule has 1 aromatic carbocycles. The second-order valence-corrected chi connectivity index (χ2v) is 6.38. The summed E-state index contributed by atoms with van der Waals surface area (Å²) >= 11 is 3.01. The third-order valence-electron chi connectivity index (χ3n) is 2.74. The molecule has 0 saturated carbocycles. The molecule has 102 valence electrons. The molecule has 2 N–H and O–H groups in total. The molecule has 3 aromatic rings. The predicted octanol–water partition coefficient (Wildman–Crippen LogP) is 2.66. The molecule has 2 heterocycles. The zero-order valence-electron chi connectivity index (χ0n) is 10.6. The summed E-state index contributed by atoms with van der Waals surface area (Å²) in [5.74, 6) is 1.78. The van der Waals surface area contributed by atoms with E-state index in [0.29, 0.717) is 5.13 Å². The normalized spacial score (nSPS) is 10.8. The van der Waals surface area contributed by atoms with Crippen molar-refractivity contribution in [3.05, 3.63) is 54.1 Å². The summed E-state index contributed by atoms with van der Waals surface area (Å²) in [5, 5.41) is 8.30. The second kappa shape index (κ2) is 6.06. The van der Waals surface area contributed by atoms with Crippen LogP contribution in [-0.4, -0.2) is 19.7 Å². The number of nitrogen functional groups attached to an aromatic ring is 1. The Balaban J connectivity index is 1.67. The van der Waals surface area contributed by atoms with Crippen LogP contribution < -0.4 is 5.73 Å². The lowest BCUT2D eigenvalue weighted by Gasteiger charge is -2.07. The summed E-state index contributed by atoms with van der Waals surface area (Å²) < 4.78 is 3.02. The average Bonchev–Trinajstić information content (AvgIpc) is 3.07. The summed E-state index contributed by atoms with van der Waals surface area (Å²) in [6.45, 7) is 0.828. The summed E-state index contributed by atoms with van der Waals surface area (Å²) in [4.78, 5) is 4.40. The summed E-state index contributed by atoms with van der Waals surface area (Å²) in [7, 11) is 0. The first-order chi connectivity index (χ1) is 9.81. The maximum atomic E-state index is 5.57. The molecule has 3 rings (SSSR count). The molecule has 0 saturated heterocycles. The smallest absolute Gasteiger partial charge is 0.203 e. The zero-order valence-corrected chi connectivity index (χ0v) is 12.3. The van der Waals surface area contributed by atoms with Crippen molar-refractivity contribution in [2.24, 2.45) is 0 Å². The van der Waals surface area contributed by atoms with Crippen molar-refractivity contribution >= 4 is 28.2 Å². The highest BCUT2D eigenvalue weighted by atomic mass is 32.2. The van der Waals surface area contributed by atoms with E-state index in [1.54, 1.807) is 11.8 Å². The fraction of sp³-hybridized carbons (Fsp3) is 0.154. The van der Waals surface area contributed by atoms with Crippen LogP contribution in [0.4, 0.5) is 5.13 Å². The number of aromatic nitrogens is 4. The lowest BCUT2D eigenvalue weighted by atomic mass is 10.2. The van der Waals surface area contributed by atoms with Gasteiger partial charge in [0, 0.05) is 18.9 Å². The van der Waals surface area contributed by atoms with E-state index >= 15 is 0 Å². The highest BCUT2D eigenvalue weighted by molar-refractivity contribution is 8.00. The van der Waals surface area contributed by atoms with E-state index < -0.39 is 0 Å². The minimum Gasteiger partial charge on any atom is -0.374 e. The number of imidazole rings is 1. The third-order valence-corrected chi connectivity index (χ3v) is 4.63. The van der Waals surface area contributed by atoms with Crippen LogP contribution in [0.3, 0.4) is 0 Å². The topological polar surface area (TPSA) is 69.6 Å². The van der Waals surface area contributed by atoms with Crippen LogP contribution in [0.15, 0.2) is 47.1 Å². The Morgan fingerprint density at radius 2 is 2.05 bits per heavy atom. The highest BCUT2D eigenvalue weighted by Crippen LogP contribution is 2.26. The van der Waals surface area contributed by atoms with E-state index in [1.165, 1.54) is 16.9 Å². The zero-order chi connectivity index (χ0) is 13.8. The van der Waals surface area contributed by atoms with Gasteiger partial charge >= 0.3 is 0 Å². The minimum absolute atomic E-state index is 0.500. The van der Waals surface area contributed by atoms with Gasteiger partial charge in [-0.15, -0.1) is 10.2 Å². The summed E-state index contributed by atoms with van der Waals surface area (Å²) in [6, 6.07) is 10.3. The predicted molar refractivity (Wildman–Crippen MR) is 81.7 cm³/mol. The molecule has 0 unspecified atom stereocenters. The molecular formula is C13H13N5S2. The standard InChI is InChI=1S/C13H13N5S2/c14-12-16-17-13(20-12)19-9-11-15-6-7-18(11)8-10-4-2-1-3-5-10/h1-7H,8-9H2,(H2,14,16). The number of thioether (sulfide) groups is 1. The third kappa shape index (κ3) is 3.17. The fourth-order valence-corrected chi connectivity index (χ4v) is 3.41. The largest absolute Gasteiger partial charge is 0.374 e. The number of rotatable bonds is 5. The molecule has 0 aliphatic heterocycles. The van der Waals surface area contributed by atoms with Crippen LogP contribution >= 0.6 is 23.1 Å². The summed E-state index contributed by atoms with van der Waals surface area (Å²) in [5.41, 5.74) is 6.83. The molecule has 0 radical (unpaired) electrons. The van der Waals surface area contributed by atoms with E-state index in [2.05, 4.69) is 31.9 Å². The van der Waals surface area contributed by atoms with E-state index in [4.69, 9.17) is 5.73 Å². The second-order valence-electron chi connectivity index (χ2n) is 4.15. The lowest BCUT2D eigenvalue weighted by molar-refractivity contribution is 0.756. The number of hydrogen-bond donors (Lipinski definition) is 1. The fourth-order valence-electron chi connectivity index (χ4n) is 1.81. The number of nitrogens with two attached hydrogens (primary N) is 1. The van der Waals surface area contributed by atoms with Gasteiger partial charge < -0.3 is 10.3 Å². The van der Waals surface area contributed by atoms with Crippen molar-refractivity contribution < 1.29 is 0 Å². The Kier molecular flexibility index (Phi) is 3.98. The number of benzene rings is 1. The van der Waals surface area contributed by atoms with Crippen molar-refractivity contribution in [3.8, 4) is 0 Å². The van der Waals surface area contributed by atoms with Crippen molar-refractivity contribution in [3.63, 3.8) is 0 Å². The lowest BCUT2D eigenvalue weighted by Crippen LogP contribution is -2.03. The van der Waals surface area contributed by atoms with Gasteiger partial charge in [-0.3, -0.25) is 0 Å². The van der Waals surface area contributed by atoms with Gasteiger partial charge in [0.25, 0.3) is 0 Å². The number of anilines is 1. The quantitative estimate of drug-likeness (QED) is 0.734. The summed E-state index contributed by atoms with van der Waals surface area (Å²) in [6.07, 6.45) is 3.82. The van der Waals surface area contributed by atoms with Crippen LogP contribution in [0.1, 0.15) is 11.4 Å². The molecule has 7 heteroatoms. The molecule has 0 fully saturated rings. The van der Waals surface area contributed by atoms with Crippen LogP contribution in [0, 0.1) is 0 Å². The molecule has 20 heavy (non-hydrogen) atoms. The van der Waals surface area contributed by atoms with Gasteiger partial charge in [0.05, 0.1) is 5.75 Å². The Labute approximate surface area is 124 Å². The highest BCUT2D eigenvalue weighted by Gasteiger charge is 2.07. The molecule has 0 bridgehead atoms. The Morgan fingerprint density at radius 3 is 2.80 bits per heavy atom. The average molecular weight is 303 g/mol. The van der Waals surface area contributed by atoms with Crippen molar-refractivity contribution in [1.82, 2.24) is 19.7 Å². The number of nitrogens with zero attached hydrogens (tertiary/aromatic N) is 4. The molecule has 0 amide bonds. The molecule has 0 aliphatic carbocycles. The molecule has 5 nitrogen and oxygen atoms in total. The van der Waals surface area contributed by atoms with Gasteiger partial charge in [0.15, 0.2) is 4.34 Å². The number of hydrogen-bond acceptors (Lipinski definition) is 6. The molecular weight excluding hydrogens is 290 g/mol. The maximum Gasteiger partial charge on any atom is 0.203 e. The van der Waals surface area contributed by atoms with Crippen molar-refractivity contribution in [2.75, 3.05) is 5.73 Å².